The van der Waals surface area contributed by atoms with E-state index in [1.54, 1.807) is 11.8 Å². The lowest BCUT2D eigenvalue weighted by molar-refractivity contribution is 0.0764. The van der Waals surface area contributed by atoms with Crippen molar-refractivity contribution in [3.8, 4) is 0 Å². The zero-order valence-corrected chi connectivity index (χ0v) is 15.0. The molecule has 1 aromatic rings. The van der Waals surface area contributed by atoms with Crippen molar-refractivity contribution in [2.45, 2.75) is 33.1 Å². The van der Waals surface area contributed by atoms with Gasteiger partial charge in [-0.3, -0.25) is 4.79 Å². The molecule has 5 nitrogen and oxygen atoms in total. The van der Waals surface area contributed by atoms with Gasteiger partial charge in [0.05, 0.1) is 5.75 Å². The monoisotopic (exact) mass is 338 g/mol. The molecule has 0 spiro atoms. The summed E-state index contributed by atoms with van der Waals surface area (Å²) in [5, 5.41) is 0. The first-order valence-corrected chi connectivity index (χ1v) is 9.83. The lowest BCUT2D eigenvalue weighted by Crippen LogP contribution is -2.37. The number of nitrogens with zero attached hydrogens (tertiary/aromatic N) is 2. The second-order valence-electron chi connectivity index (χ2n) is 6.22. The summed E-state index contributed by atoms with van der Waals surface area (Å²) < 4.78 is 25.5. The van der Waals surface area contributed by atoms with Crippen molar-refractivity contribution >= 4 is 15.9 Å². The maximum Gasteiger partial charge on any atom is 0.253 e. The topological polar surface area (TPSA) is 57.7 Å². The van der Waals surface area contributed by atoms with Crippen LogP contribution in [0, 0.1) is 0 Å². The van der Waals surface area contributed by atoms with Gasteiger partial charge in [-0.1, -0.05) is 26.0 Å². The Balaban J connectivity index is 2.06. The molecular weight excluding hydrogens is 312 g/mol. The Kier molecular flexibility index (Phi) is 5.81. The molecule has 1 aliphatic rings. The van der Waals surface area contributed by atoms with E-state index < -0.39 is 10.0 Å². The van der Waals surface area contributed by atoms with E-state index in [1.165, 1.54) is 9.87 Å². The maximum atomic E-state index is 12.6. The smallest absolute Gasteiger partial charge is 0.253 e. The summed E-state index contributed by atoms with van der Waals surface area (Å²) in [6.07, 6.45) is 0.676. The molecule has 1 saturated heterocycles. The van der Waals surface area contributed by atoms with Crippen LogP contribution >= 0.6 is 0 Å². The van der Waals surface area contributed by atoms with Gasteiger partial charge < -0.3 is 4.90 Å². The molecule has 0 aromatic heterocycles. The fourth-order valence-corrected chi connectivity index (χ4v) is 3.88. The quantitative estimate of drug-likeness (QED) is 0.846. The number of hydrogen-bond donors (Lipinski definition) is 0. The van der Waals surface area contributed by atoms with E-state index in [2.05, 4.69) is 13.8 Å². The molecule has 1 fully saturated rings. The Labute approximate surface area is 139 Å². The second kappa shape index (κ2) is 7.45. The van der Waals surface area contributed by atoms with E-state index >= 15 is 0 Å². The number of rotatable bonds is 4. The van der Waals surface area contributed by atoms with Crippen molar-refractivity contribution < 1.29 is 13.2 Å². The minimum Gasteiger partial charge on any atom is -0.337 e. The lowest BCUT2D eigenvalue weighted by atomic mass is 10.0. The van der Waals surface area contributed by atoms with Gasteiger partial charge >= 0.3 is 0 Å². The molecule has 0 N–H and O–H groups in total. The van der Waals surface area contributed by atoms with Gasteiger partial charge in [0.2, 0.25) is 10.0 Å². The van der Waals surface area contributed by atoms with Crippen LogP contribution in [0.25, 0.3) is 0 Å². The minimum absolute atomic E-state index is 0.0175. The van der Waals surface area contributed by atoms with Crippen molar-refractivity contribution in [2.75, 3.05) is 31.9 Å². The molecule has 0 radical (unpaired) electrons. The molecule has 128 valence electrons. The number of carbonyl (C=O) groups excluding carboxylic acids is 1. The minimum atomic E-state index is -3.18. The Hall–Kier alpha value is -1.40. The van der Waals surface area contributed by atoms with Crippen LogP contribution in [-0.4, -0.2) is 55.5 Å². The highest BCUT2D eigenvalue weighted by Gasteiger charge is 2.25. The van der Waals surface area contributed by atoms with Crippen molar-refractivity contribution in [1.82, 2.24) is 9.21 Å². The molecule has 23 heavy (non-hydrogen) atoms. The normalized spacial score (nSPS) is 17.3. The Bertz CT molecular complexity index is 638. The molecule has 0 atom stereocenters. The highest BCUT2D eigenvalue weighted by Crippen LogP contribution is 2.17. The zero-order valence-electron chi connectivity index (χ0n) is 14.2. The summed E-state index contributed by atoms with van der Waals surface area (Å²) in [4.78, 5) is 14.4. The first-order chi connectivity index (χ1) is 10.8. The third-order valence-corrected chi connectivity index (χ3v) is 6.21. The predicted octanol–water partition coefficient (Wildman–Crippen LogP) is 2.31. The number of carbonyl (C=O) groups is 1. The van der Waals surface area contributed by atoms with Crippen LogP contribution in [0.4, 0.5) is 0 Å². The summed E-state index contributed by atoms with van der Waals surface area (Å²) >= 11 is 0. The van der Waals surface area contributed by atoms with E-state index in [4.69, 9.17) is 0 Å². The number of sulfonamides is 1. The van der Waals surface area contributed by atoms with Crippen LogP contribution in [0.15, 0.2) is 24.3 Å². The first-order valence-electron chi connectivity index (χ1n) is 8.22. The third kappa shape index (κ3) is 4.32. The zero-order chi connectivity index (χ0) is 17.0. The lowest BCUT2D eigenvalue weighted by Gasteiger charge is -2.21. The number of benzene rings is 1. The molecule has 1 amide bonds. The van der Waals surface area contributed by atoms with Gasteiger partial charge in [0.15, 0.2) is 0 Å². The molecule has 0 bridgehead atoms. The van der Waals surface area contributed by atoms with Crippen molar-refractivity contribution in [1.29, 1.82) is 0 Å². The average Bonchev–Trinajstić information content (AvgIpc) is 2.81. The van der Waals surface area contributed by atoms with E-state index in [9.17, 15) is 13.2 Å². The standard InChI is InChI=1S/C17H26N2O3S/c1-4-23(21,22)19-11-5-10-18(12-13-19)17(20)16-8-6-15(7-9-16)14(2)3/h6-9,14H,4-5,10-13H2,1-3H3. The third-order valence-electron chi connectivity index (χ3n) is 4.32. The molecule has 1 aliphatic heterocycles. The summed E-state index contributed by atoms with van der Waals surface area (Å²) in [5.74, 6) is 0.527. The average molecular weight is 338 g/mol. The predicted molar refractivity (Wildman–Crippen MR) is 92.1 cm³/mol. The van der Waals surface area contributed by atoms with Gasteiger partial charge in [-0.25, -0.2) is 12.7 Å². The van der Waals surface area contributed by atoms with Crippen molar-refractivity contribution in [2.24, 2.45) is 0 Å². The number of amides is 1. The summed E-state index contributed by atoms with van der Waals surface area (Å²) in [6.45, 7) is 7.81. The summed E-state index contributed by atoms with van der Waals surface area (Å²) in [6, 6.07) is 7.71. The van der Waals surface area contributed by atoms with Crippen LogP contribution in [0.2, 0.25) is 0 Å². The molecule has 2 rings (SSSR count). The number of hydrogen-bond acceptors (Lipinski definition) is 3. The van der Waals surface area contributed by atoms with Crippen LogP contribution in [0.1, 0.15) is 49.0 Å². The van der Waals surface area contributed by atoms with E-state index in [0.717, 1.165) is 0 Å². The van der Waals surface area contributed by atoms with Gasteiger partial charge in [-0.15, -0.1) is 0 Å². The van der Waals surface area contributed by atoms with E-state index in [1.807, 2.05) is 24.3 Å². The molecule has 0 unspecified atom stereocenters. The molecule has 0 aliphatic carbocycles. The molecule has 1 aromatic carbocycles. The summed E-state index contributed by atoms with van der Waals surface area (Å²) in [7, 11) is -3.18. The molecule has 0 saturated carbocycles. The van der Waals surface area contributed by atoms with Crippen LogP contribution in [0.5, 0.6) is 0 Å². The Morgan fingerprint density at radius 3 is 2.30 bits per heavy atom. The van der Waals surface area contributed by atoms with E-state index in [0.29, 0.717) is 44.1 Å². The first kappa shape index (κ1) is 17.9. The largest absolute Gasteiger partial charge is 0.337 e. The van der Waals surface area contributed by atoms with Crippen molar-refractivity contribution in [3.63, 3.8) is 0 Å². The molecular formula is C17H26N2O3S. The fourth-order valence-electron chi connectivity index (χ4n) is 2.75. The van der Waals surface area contributed by atoms with Gasteiger partial charge in [0.1, 0.15) is 0 Å². The van der Waals surface area contributed by atoms with Crippen LogP contribution in [-0.2, 0) is 10.0 Å². The summed E-state index contributed by atoms with van der Waals surface area (Å²) in [5.41, 5.74) is 1.87. The SMILES string of the molecule is CCS(=O)(=O)N1CCCN(C(=O)c2ccc(C(C)C)cc2)CC1. The maximum absolute atomic E-state index is 12.6. The van der Waals surface area contributed by atoms with Gasteiger partial charge in [-0.2, -0.15) is 0 Å². The van der Waals surface area contributed by atoms with Crippen LogP contribution < -0.4 is 0 Å². The highest BCUT2D eigenvalue weighted by molar-refractivity contribution is 7.89. The Morgan fingerprint density at radius 1 is 1.09 bits per heavy atom. The second-order valence-corrected chi connectivity index (χ2v) is 8.48. The van der Waals surface area contributed by atoms with Gasteiger partial charge in [-0.05, 0) is 37.0 Å². The molecule has 1 heterocycles. The van der Waals surface area contributed by atoms with Crippen molar-refractivity contribution in [3.05, 3.63) is 35.4 Å². The van der Waals surface area contributed by atoms with E-state index in [-0.39, 0.29) is 11.7 Å². The fraction of sp³-hybridized carbons (Fsp3) is 0.588. The highest BCUT2D eigenvalue weighted by atomic mass is 32.2. The van der Waals surface area contributed by atoms with Gasteiger partial charge in [0, 0.05) is 31.7 Å². The Morgan fingerprint density at radius 2 is 1.74 bits per heavy atom. The van der Waals surface area contributed by atoms with Crippen LogP contribution in [0.3, 0.4) is 0 Å². The molecule has 6 heteroatoms. The van der Waals surface area contributed by atoms with Gasteiger partial charge in [0.25, 0.3) is 5.91 Å².